The highest BCUT2D eigenvalue weighted by molar-refractivity contribution is 6.46. The molecule has 2 aromatic heterocycles. The van der Waals surface area contributed by atoms with Crippen LogP contribution >= 0.6 is 0 Å². The standard InChI is InChI=1S/C24H16N2/c1-25-11-9-15-13-5-3-8-18-19(13)21(23(15)25)17-7-4-6-14-16-10-12-26(2)24(16)22(18)20(14)17/h3-12H,1-2H3. The molecule has 0 amide bonds. The van der Waals surface area contributed by atoms with Crippen molar-refractivity contribution in [3.63, 3.8) is 0 Å². The van der Waals surface area contributed by atoms with Crippen molar-refractivity contribution in [2.24, 2.45) is 14.1 Å². The minimum atomic E-state index is 1.36. The fraction of sp³-hybridized carbons (Fsp3) is 0.0833. The number of hydrogen-bond acceptors (Lipinski definition) is 0. The van der Waals surface area contributed by atoms with Crippen LogP contribution in [-0.4, -0.2) is 9.13 Å². The highest BCUT2D eigenvalue weighted by Gasteiger charge is 2.23. The first-order chi connectivity index (χ1) is 12.8. The van der Waals surface area contributed by atoms with Crippen LogP contribution in [0.4, 0.5) is 0 Å². The summed E-state index contributed by atoms with van der Waals surface area (Å²) in [5.74, 6) is 0. The molecule has 0 saturated carbocycles. The predicted molar refractivity (Wildman–Crippen MR) is 112 cm³/mol. The molecule has 0 bridgehead atoms. The van der Waals surface area contributed by atoms with Crippen LogP contribution in [0, 0.1) is 0 Å². The fourth-order valence-electron chi connectivity index (χ4n) is 5.39. The summed E-state index contributed by atoms with van der Waals surface area (Å²) in [6, 6.07) is 18.1. The minimum Gasteiger partial charge on any atom is -0.350 e. The van der Waals surface area contributed by atoms with Crippen LogP contribution in [0.1, 0.15) is 0 Å². The fourth-order valence-corrected chi connectivity index (χ4v) is 5.39. The number of rotatable bonds is 0. The van der Waals surface area contributed by atoms with Gasteiger partial charge in [-0.1, -0.05) is 36.4 Å². The van der Waals surface area contributed by atoms with Gasteiger partial charge in [0.2, 0.25) is 0 Å². The van der Waals surface area contributed by atoms with E-state index >= 15 is 0 Å². The first-order valence-corrected chi connectivity index (χ1v) is 9.09. The van der Waals surface area contributed by atoms with E-state index in [1.54, 1.807) is 0 Å². The average Bonchev–Trinajstić information content (AvgIpc) is 3.37. The second kappa shape index (κ2) is 3.94. The maximum Gasteiger partial charge on any atom is 0.0570 e. The van der Waals surface area contributed by atoms with Gasteiger partial charge in [-0.05, 0) is 33.7 Å². The van der Waals surface area contributed by atoms with E-state index in [0.29, 0.717) is 0 Å². The van der Waals surface area contributed by atoms with Crippen molar-refractivity contribution in [2.45, 2.75) is 0 Å². The Balaban J connectivity index is 2.03. The lowest BCUT2D eigenvalue weighted by Gasteiger charge is -2.08. The summed E-state index contributed by atoms with van der Waals surface area (Å²) in [6.07, 6.45) is 4.37. The monoisotopic (exact) mass is 332 g/mol. The molecule has 2 heteroatoms. The van der Waals surface area contributed by atoms with E-state index in [1.165, 1.54) is 64.9 Å². The lowest BCUT2D eigenvalue weighted by atomic mass is 9.96. The first-order valence-electron chi connectivity index (χ1n) is 9.09. The molecule has 0 N–H and O–H groups in total. The molecule has 2 heterocycles. The Morgan fingerprint density at radius 2 is 0.885 bits per heavy atom. The molecule has 0 saturated heterocycles. The van der Waals surface area contributed by atoms with Crippen molar-refractivity contribution < 1.29 is 0 Å². The van der Waals surface area contributed by atoms with Gasteiger partial charge in [0.25, 0.3) is 0 Å². The normalized spacial score (nSPS) is 13.0. The lowest BCUT2D eigenvalue weighted by Crippen LogP contribution is -1.86. The highest BCUT2D eigenvalue weighted by Crippen LogP contribution is 2.49. The molecule has 0 aliphatic heterocycles. The zero-order valence-electron chi connectivity index (χ0n) is 14.7. The third kappa shape index (κ3) is 1.18. The maximum atomic E-state index is 2.31. The minimum absolute atomic E-state index is 1.36. The molecule has 122 valence electrons. The molecule has 0 unspecified atom stereocenters. The molecule has 7 aromatic rings. The number of nitrogens with zero attached hydrogens (tertiary/aromatic N) is 2. The lowest BCUT2D eigenvalue weighted by molar-refractivity contribution is 0.973. The molecular formula is C24H16N2. The van der Waals surface area contributed by atoms with E-state index in [1.807, 2.05) is 0 Å². The Morgan fingerprint density at radius 1 is 0.462 bits per heavy atom. The van der Waals surface area contributed by atoms with E-state index < -0.39 is 0 Å². The van der Waals surface area contributed by atoms with Crippen molar-refractivity contribution in [3.8, 4) is 0 Å². The number of fused-ring (bicyclic) bond motifs is 8. The van der Waals surface area contributed by atoms with E-state index in [2.05, 4.69) is 84.2 Å². The van der Waals surface area contributed by atoms with Gasteiger partial charge in [-0.2, -0.15) is 0 Å². The zero-order chi connectivity index (χ0) is 17.2. The van der Waals surface area contributed by atoms with Gasteiger partial charge in [0, 0.05) is 58.8 Å². The Hall–Kier alpha value is -3.26. The number of aromatic nitrogens is 2. The summed E-state index contributed by atoms with van der Waals surface area (Å²) >= 11 is 0. The Morgan fingerprint density at radius 3 is 1.35 bits per heavy atom. The summed E-state index contributed by atoms with van der Waals surface area (Å²) in [4.78, 5) is 0. The van der Waals surface area contributed by atoms with Gasteiger partial charge < -0.3 is 9.13 Å². The predicted octanol–water partition coefficient (Wildman–Crippen LogP) is 6.16. The summed E-state index contributed by atoms with van der Waals surface area (Å²) in [6.45, 7) is 0. The number of aryl methyl sites for hydroxylation is 2. The molecule has 26 heavy (non-hydrogen) atoms. The van der Waals surface area contributed by atoms with Gasteiger partial charge >= 0.3 is 0 Å². The average molecular weight is 332 g/mol. The SMILES string of the molecule is Cn1ccc2c3cccc4c3c(c3cccc5c6ccn(C)c6c4c53)c21. The summed E-state index contributed by atoms with van der Waals surface area (Å²) in [5.41, 5.74) is 2.71. The molecular weight excluding hydrogens is 316 g/mol. The quantitative estimate of drug-likeness (QED) is 0.294. The molecule has 2 nitrogen and oxygen atoms in total. The number of benzene rings is 3. The van der Waals surface area contributed by atoms with Crippen molar-refractivity contribution in [2.75, 3.05) is 0 Å². The topological polar surface area (TPSA) is 9.86 Å². The Kier molecular flexibility index (Phi) is 1.97. The van der Waals surface area contributed by atoms with Crippen LogP contribution in [0.15, 0.2) is 60.9 Å². The highest BCUT2D eigenvalue weighted by atomic mass is 14.9. The van der Waals surface area contributed by atoms with E-state index in [0.717, 1.165) is 0 Å². The van der Waals surface area contributed by atoms with Gasteiger partial charge in [-0.3, -0.25) is 0 Å². The summed E-state index contributed by atoms with van der Waals surface area (Å²) < 4.78 is 4.56. The third-order valence-electron chi connectivity index (χ3n) is 6.37. The zero-order valence-corrected chi connectivity index (χ0v) is 14.7. The maximum absolute atomic E-state index is 2.31. The van der Waals surface area contributed by atoms with Crippen LogP contribution in [-0.2, 0) is 14.1 Å². The van der Waals surface area contributed by atoms with Gasteiger partial charge in [0.05, 0.1) is 11.0 Å². The smallest absolute Gasteiger partial charge is 0.0570 e. The van der Waals surface area contributed by atoms with Crippen molar-refractivity contribution in [3.05, 3.63) is 60.9 Å². The van der Waals surface area contributed by atoms with Gasteiger partial charge in [0.1, 0.15) is 0 Å². The molecule has 5 aromatic carbocycles. The van der Waals surface area contributed by atoms with Gasteiger partial charge in [-0.15, -0.1) is 0 Å². The van der Waals surface area contributed by atoms with Crippen LogP contribution in [0.3, 0.4) is 0 Å². The van der Waals surface area contributed by atoms with Crippen molar-refractivity contribution in [1.29, 1.82) is 0 Å². The van der Waals surface area contributed by atoms with Crippen LogP contribution in [0.5, 0.6) is 0 Å². The summed E-state index contributed by atoms with van der Waals surface area (Å²) in [7, 11) is 4.32. The third-order valence-corrected chi connectivity index (χ3v) is 6.37. The molecule has 0 fully saturated rings. The Labute approximate surface area is 149 Å². The molecule has 0 aliphatic rings. The largest absolute Gasteiger partial charge is 0.350 e. The number of hydrogen-bond donors (Lipinski definition) is 0. The van der Waals surface area contributed by atoms with Crippen molar-refractivity contribution >= 4 is 64.9 Å². The van der Waals surface area contributed by atoms with Crippen molar-refractivity contribution in [1.82, 2.24) is 9.13 Å². The molecule has 0 spiro atoms. The first kappa shape index (κ1) is 13.0. The second-order valence-electron chi connectivity index (χ2n) is 7.58. The summed E-state index contributed by atoms with van der Waals surface area (Å²) in [5, 5.41) is 13.9. The van der Waals surface area contributed by atoms with Gasteiger partial charge in [-0.25, -0.2) is 0 Å². The second-order valence-corrected chi connectivity index (χ2v) is 7.58. The van der Waals surface area contributed by atoms with Crippen LogP contribution in [0.25, 0.3) is 64.9 Å². The molecule has 0 atom stereocenters. The molecule has 0 aliphatic carbocycles. The van der Waals surface area contributed by atoms with Gasteiger partial charge in [0.15, 0.2) is 0 Å². The van der Waals surface area contributed by atoms with E-state index in [4.69, 9.17) is 0 Å². The van der Waals surface area contributed by atoms with E-state index in [-0.39, 0.29) is 0 Å². The molecule has 7 rings (SSSR count). The Bertz CT molecular complexity index is 1520. The van der Waals surface area contributed by atoms with E-state index in [9.17, 15) is 0 Å². The van der Waals surface area contributed by atoms with Crippen LogP contribution < -0.4 is 0 Å². The molecule has 0 radical (unpaired) electrons. The van der Waals surface area contributed by atoms with Crippen LogP contribution in [0.2, 0.25) is 0 Å².